The third kappa shape index (κ3) is 9.78. The van der Waals surface area contributed by atoms with E-state index in [2.05, 4.69) is 12.5 Å². The molecule has 0 saturated carbocycles. The Bertz CT molecular complexity index is 41.4. The summed E-state index contributed by atoms with van der Waals surface area (Å²) in [4.78, 5) is 0. The lowest BCUT2D eigenvalue weighted by Crippen LogP contribution is -3.00. The third-order valence-corrected chi connectivity index (χ3v) is 1.86. The number of rotatable bonds is 3. The topological polar surface area (TPSA) is 26.0 Å². The monoisotopic (exact) mass is 155 g/mol. The molecule has 0 spiro atoms. The van der Waals surface area contributed by atoms with E-state index in [0.29, 0.717) is 10.9 Å². The third-order valence-electron chi connectivity index (χ3n) is 0.757. The van der Waals surface area contributed by atoms with Gasteiger partial charge in [0.15, 0.2) is 0 Å². The van der Waals surface area contributed by atoms with Crippen molar-refractivity contribution in [1.29, 1.82) is 0 Å². The smallest absolute Gasteiger partial charge is 0.108 e. The molecular formula is C5H14ClNS. The molecule has 0 atom stereocenters. The van der Waals surface area contributed by atoms with Crippen molar-refractivity contribution >= 4 is 10.9 Å². The van der Waals surface area contributed by atoms with E-state index in [0.717, 1.165) is 6.54 Å². The molecule has 1 nitrogen and oxygen atoms in total. The average molecular weight is 156 g/mol. The molecule has 0 saturated heterocycles. The van der Waals surface area contributed by atoms with Gasteiger partial charge in [0.1, 0.15) is 5.75 Å². The molecule has 0 heterocycles. The van der Waals surface area contributed by atoms with Crippen molar-refractivity contribution in [3.05, 3.63) is 0 Å². The van der Waals surface area contributed by atoms with E-state index < -0.39 is 0 Å². The van der Waals surface area contributed by atoms with Crippen molar-refractivity contribution in [3.63, 3.8) is 0 Å². The molecular weight excluding hydrogens is 142 g/mol. The number of halogens is 1. The second kappa shape index (κ2) is 7.60. The van der Waals surface area contributed by atoms with Gasteiger partial charge in [-0.1, -0.05) is 0 Å². The molecule has 0 aromatic heterocycles. The summed E-state index contributed by atoms with van der Waals surface area (Å²) in [5.74, 6) is 1.30. The largest absolute Gasteiger partial charge is 1.00 e. The number of hydrogen-bond donors (Lipinski definition) is 1. The van der Waals surface area contributed by atoms with Gasteiger partial charge in [0.05, 0.1) is 12.5 Å². The molecule has 0 aliphatic rings. The maximum atomic E-state index is 5.28. The van der Waals surface area contributed by atoms with Gasteiger partial charge in [-0.3, -0.25) is 0 Å². The number of hydrogen-bond acceptors (Lipinski definition) is 1. The zero-order valence-electron chi connectivity index (χ0n) is 5.48. The van der Waals surface area contributed by atoms with Crippen molar-refractivity contribution in [2.45, 2.75) is 6.42 Å². The van der Waals surface area contributed by atoms with Crippen molar-refractivity contribution in [2.75, 3.05) is 24.8 Å². The van der Waals surface area contributed by atoms with Gasteiger partial charge in [0, 0.05) is 6.42 Å². The van der Waals surface area contributed by atoms with Crippen LogP contribution in [0.5, 0.6) is 0 Å². The van der Waals surface area contributed by atoms with Crippen LogP contribution in [-0.2, 0) is 10.9 Å². The van der Waals surface area contributed by atoms with Crippen LogP contribution >= 0.6 is 0 Å². The van der Waals surface area contributed by atoms with Crippen molar-refractivity contribution < 1.29 is 12.4 Å². The molecule has 0 unspecified atom stereocenters. The van der Waals surface area contributed by atoms with Crippen LogP contribution in [0, 0.1) is 0 Å². The van der Waals surface area contributed by atoms with Gasteiger partial charge in [-0.15, -0.1) is 0 Å². The van der Waals surface area contributed by atoms with Crippen LogP contribution in [0.4, 0.5) is 0 Å². The SMILES string of the molecule is C[S+](C)CCCN.[Cl-]. The highest BCUT2D eigenvalue weighted by atomic mass is 35.5. The fraction of sp³-hybridized carbons (Fsp3) is 1.00. The minimum absolute atomic E-state index is 0. The van der Waals surface area contributed by atoms with E-state index in [1.165, 1.54) is 12.2 Å². The van der Waals surface area contributed by atoms with E-state index in [-0.39, 0.29) is 12.4 Å². The zero-order chi connectivity index (χ0) is 5.70. The van der Waals surface area contributed by atoms with Gasteiger partial charge in [0.25, 0.3) is 0 Å². The van der Waals surface area contributed by atoms with Gasteiger partial charge in [-0.25, -0.2) is 0 Å². The second-order valence-corrected chi connectivity index (χ2v) is 4.21. The summed E-state index contributed by atoms with van der Waals surface area (Å²) in [6.45, 7) is 0.852. The normalized spacial score (nSPS) is 9.00. The maximum absolute atomic E-state index is 5.28. The first kappa shape index (κ1) is 11.4. The van der Waals surface area contributed by atoms with E-state index in [1.54, 1.807) is 0 Å². The molecule has 3 heteroatoms. The minimum atomic E-state index is 0. The maximum Gasteiger partial charge on any atom is 0.108 e. The molecule has 0 fully saturated rings. The standard InChI is InChI=1S/C5H14NS.ClH/c1-7(2)5-3-4-6;/h3-6H2,1-2H3;1H/q+1;/p-1. The molecule has 0 rings (SSSR count). The molecule has 2 N–H and O–H groups in total. The van der Waals surface area contributed by atoms with Crippen LogP contribution in [0.3, 0.4) is 0 Å². The quantitative estimate of drug-likeness (QED) is 0.439. The Labute approximate surface area is 60.8 Å². The molecule has 0 aliphatic heterocycles. The predicted octanol–water partition coefficient (Wildman–Crippen LogP) is -2.78. The molecule has 0 aliphatic carbocycles. The van der Waals surface area contributed by atoms with Crippen molar-refractivity contribution in [3.8, 4) is 0 Å². The first-order valence-electron chi connectivity index (χ1n) is 2.51. The van der Waals surface area contributed by atoms with Crippen LogP contribution < -0.4 is 18.1 Å². The Hall–Kier alpha value is 0.600. The lowest BCUT2D eigenvalue weighted by Gasteiger charge is -1.91. The second-order valence-electron chi connectivity index (χ2n) is 1.83. The van der Waals surface area contributed by atoms with Crippen molar-refractivity contribution in [2.24, 2.45) is 5.73 Å². The molecule has 0 bridgehead atoms. The van der Waals surface area contributed by atoms with Gasteiger partial charge in [-0.2, -0.15) is 0 Å². The minimum Gasteiger partial charge on any atom is -1.00 e. The Morgan fingerprint density at radius 1 is 1.38 bits per heavy atom. The molecule has 0 radical (unpaired) electrons. The van der Waals surface area contributed by atoms with E-state index in [1.807, 2.05) is 0 Å². The van der Waals surface area contributed by atoms with Crippen LogP contribution in [0.15, 0.2) is 0 Å². The zero-order valence-corrected chi connectivity index (χ0v) is 7.06. The summed E-state index contributed by atoms with van der Waals surface area (Å²) in [5, 5.41) is 0. The molecule has 0 amide bonds. The van der Waals surface area contributed by atoms with E-state index in [4.69, 9.17) is 5.73 Å². The fourth-order valence-corrected chi connectivity index (χ4v) is 1.12. The van der Waals surface area contributed by atoms with Crippen molar-refractivity contribution in [1.82, 2.24) is 0 Å². The summed E-state index contributed by atoms with van der Waals surface area (Å²) in [6.07, 6.45) is 5.68. The Morgan fingerprint density at radius 3 is 2.00 bits per heavy atom. The van der Waals surface area contributed by atoms with Gasteiger partial charge >= 0.3 is 0 Å². The van der Waals surface area contributed by atoms with Crippen LogP contribution in [0.25, 0.3) is 0 Å². The molecule has 52 valence electrons. The Balaban J connectivity index is 0. The highest BCUT2D eigenvalue weighted by Crippen LogP contribution is 1.85. The number of nitrogens with two attached hydrogens (primary N) is 1. The Kier molecular flexibility index (Phi) is 10.8. The Morgan fingerprint density at radius 2 is 1.88 bits per heavy atom. The highest BCUT2D eigenvalue weighted by molar-refractivity contribution is 7.95. The summed E-state index contributed by atoms with van der Waals surface area (Å²) in [5.41, 5.74) is 5.28. The molecule has 8 heavy (non-hydrogen) atoms. The van der Waals surface area contributed by atoms with Gasteiger partial charge < -0.3 is 18.1 Å². The van der Waals surface area contributed by atoms with Gasteiger partial charge in [0.2, 0.25) is 0 Å². The van der Waals surface area contributed by atoms with E-state index >= 15 is 0 Å². The average Bonchev–Trinajstić information content (AvgIpc) is 1.61. The first-order valence-corrected chi connectivity index (χ1v) is 4.72. The molecule has 0 aromatic carbocycles. The summed E-state index contributed by atoms with van der Waals surface area (Å²) in [6, 6.07) is 0. The summed E-state index contributed by atoms with van der Waals surface area (Å²) >= 11 is 0. The van der Waals surface area contributed by atoms with E-state index in [9.17, 15) is 0 Å². The lowest BCUT2D eigenvalue weighted by atomic mass is 10.5. The first-order chi connectivity index (χ1) is 3.27. The van der Waals surface area contributed by atoms with Crippen LogP contribution in [0.2, 0.25) is 0 Å². The highest BCUT2D eigenvalue weighted by Gasteiger charge is 1.97. The fourth-order valence-electron chi connectivity index (χ4n) is 0.372. The predicted molar refractivity (Wildman–Crippen MR) is 37.8 cm³/mol. The lowest BCUT2D eigenvalue weighted by molar-refractivity contribution is -0.00000176. The summed E-state index contributed by atoms with van der Waals surface area (Å²) < 4.78 is 0. The van der Waals surface area contributed by atoms with Crippen LogP contribution in [-0.4, -0.2) is 24.8 Å². The summed E-state index contributed by atoms with van der Waals surface area (Å²) in [7, 11) is 0.605. The molecule has 0 aromatic rings. The van der Waals surface area contributed by atoms with Gasteiger partial charge in [-0.05, 0) is 17.4 Å². The van der Waals surface area contributed by atoms with Crippen LogP contribution in [0.1, 0.15) is 6.42 Å².